The predicted molar refractivity (Wildman–Crippen MR) is 108 cm³/mol. The number of rotatable bonds is 7. The van der Waals surface area contributed by atoms with E-state index in [1.165, 1.54) is 6.92 Å². The second-order valence-electron chi connectivity index (χ2n) is 6.62. The molecule has 1 saturated heterocycles. The van der Waals surface area contributed by atoms with Crippen molar-refractivity contribution in [1.29, 1.82) is 0 Å². The summed E-state index contributed by atoms with van der Waals surface area (Å²) >= 11 is 1.06. The summed E-state index contributed by atoms with van der Waals surface area (Å²) in [6.07, 6.45) is 0.170. The van der Waals surface area contributed by atoms with Gasteiger partial charge >= 0.3 is 6.03 Å². The zero-order valence-electron chi connectivity index (χ0n) is 16.2. The van der Waals surface area contributed by atoms with Crippen molar-refractivity contribution < 1.29 is 23.6 Å². The molecule has 0 radical (unpaired) electrons. The second kappa shape index (κ2) is 9.39. The molecule has 1 fully saturated rings. The topological polar surface area (TPSA) is 155 Å². The van der Waals surface area contributed by atoms with Gasteiger partial charge in [-0.25, -0.2) is 4.79 Å². The number of amides is 5. The molecule has 0 aliphatic carbocycles. The summed E-state index contributed by atoms with van der Waals surface area (Å²) < 4.78 is 5.49. The molecule has 5 amide bonds. The number of thioether (sulfide) groups is 1. The van der Waals surface area contributed by atoms with Crippen LogP contribution >= 0.6 is 11.8 Å². The minimum Gasteiger partial charge on any atom is -0.416 e. The zero-order chi connectivity index (χ0) is 21.7. The summed E-state index contributed by atoms with van der Waals surface area (Å²) in [5.74, 6) is -1.15. The average molecular weight is 432 g/mol. The van der Waals surface area contributed by atoms with Gasteiger partial charge in [0, 0.05) is 30.8 Å². The van der Waals surface area contributed by atoms with Crippen molar-refractivity contribution in [2.45, 2.75) is 31.5 Å². The largest absolute Gasteiger partial charge is 0.416 e. The molecule has 0 saturated carbocycles. The Labute approximate surface area is 175 Å². The molecule has 1 aliphatic heterocycles. The van der Waals surface area contributed by atoms with E-state index in [4.69, 9.17) is 4.42 Å². The Kier molecular flexibility index (Phi) is 6.67. The lowest BCUT2D eigenvalue weighted by Crippen LogP contribution is -2.57. The van der Waals surface area contributed by atoms with Crippen molar-refractivity contribution >= 4 is 46.9 Å². The molecule has 2 unspecified atom stereocenters. The molecule has 1 aromatic heterocycles. The highest BCUT2D eigenvalue weighted by atomic mass is 32.2. The number of hydrogen-bond acceptors (Lipinski definition) is 8. The SMILES string of the molecule is CC(=O)Nc1cccc(NC(=O)CSc2nnc(CC3C(=O)NC(=O)NC3C)o2)c1. The van der Waals surface area contributed by atoms with E-state index in [0.29, 0.717) is 11.4 Å². The number of nitrogens with one attached hydrogen (secondary N) is 4. The first-order valence-corrected chi connectivity index (χ1v) is 10.0. The first-order chi connectivity index (χ1) is 14.3. The molecule has 158 valence electrons. The molecule has 0 spiro atoms. The van der Waals surface area contributed by atoms with Crippen LogP contribution in [0.4, 0.5) is 16.2 Å². The van der Waals surface area contributed by atoms with Crippen LogP contribution in [0.2, 0.25) is 0 Å². The van der Waals surface area contributed by atoms with Crippen molar-refractivity contribution in [2.24, 2.45) is 5.92 Å². The monoisotopic (exact) mass is 432 g/mol. The third kappa shape index (κ3) is 5.80. The van der Waals surface area contributed by atoms with Gasteiger partial charge in [0.25, 0.3) is 5.22 Å². The molecular weight excluding hydrogens is 412 g/mol. The van der Waals surface area contributed by atoms with E-state index in [1.807, 2.05) is 0 Å². The zero-order valence-corrected chi connectivity index (χ0v) is 17.0. The molecule has 4 N–H and O–H groups in total. The van der Waals surface area contributed by atoms with Gasteiger partial charge in [-0.05, 0) is 25.1 Å². The van der Waals surface area contributed by atoms with Gasteiger partial charge < -0.3 is 20.4 Å². The van der Waals surface area contributed by atoms with Crippen LogP contribution in [0.15, 0.2) is 33.9 Å². The van der Waals surface area contributed by atoms with Gasteiger partial charge in [0.15, 0.2) is 0 Å². The Hall–Kier alpha value is -3.41. The molecule has 2 aromatic rings. The maximum Gasteiger partial charge on any atom is 0.321 e. The van der Waals surface area contributed by atoms with E-state index in [1.54, 1.807) is 31.2 Å². The fourth-order valence-corrected chi connectivity index (χ4v) is 3.39. The van der Waals surface area contributed by atoms with Crippen LogP contribution in [0.1, 0.15) is 19.7 Å². The number of carbonyl (C=O) groups excluding carboxylic acids is 4. The summed E-state index contributed by atoms with van der Waals surface area (Å²) in [5, 5.41) is 18.2. The van der Waals surface area contributed by atoms with Crippen LogP contribution in [-0.2, 0) is 20.8 Å². The van der Waals surface area contributed by atoms with Crippen LogP contribution in [0.5, 0.6) is 0 Å². The minimum atomic E-state index is -0.529. The summed E-state index contributed by atoms with van der Waals surface area (Å²) in [6.45, 7) is 3.12. The normalized spacial score (nSPS) is 18.3. The highest BCUT2D eigenvalue weighted by molar-refractivity contribution is 7.99. The molecule has 12 heteroatoms. The number of anilines is 2. The first kappa shape index (κ1) is 21.3. The molecule has 2 heterocycles. The van der Waals surface area contributed by atoms with E-state index in [-0.39, 0.29) is 41.1 Å². The summed E-state index contributed by atoms with van der Waals surface area (Å²) in [6, 6.07) is 5.87. The van der Waals surface area contributed by atoms with Gasteiger partial charge in [-0.1, -0.05) is 17.8 Å². The lowest BCUT2D eigenvalue weighted by Gasteiger charge is -2.27. The first-order valence-electron chi connectivity index (χ1n) is 9.04. The van der Waals surface area contributed by atoms with Crippen LogP contribution in [-0.4, -0.2) is 45.7 Å². The van der Waals surface area contributed by atoms with Crippen molar-refractivity contribution in [3.8, 4) is 0 Å². The number of benzene rings is 1. The summed E-state index contributed by atoms with van der Waals surface area (Å²) in [5.41, 5.74) is 1.11. The number of hydrogen-bond donors (Lipinski definition) is 4. The number of nitrogens with zero attached hydrogens (tertiary/aromatic N) is 2. The van der Waals surface area contributed by atoms with E-state index < -0.39 is 17.9 Å². The molecule has 1 aromatic carbocycles. The van der Waals surface area contributed by atoms with Crippen molar-refractivity contribution in [3.63, 3.8) is 0 Å². The lowest BCUT2D eigenvalue weighted by molar-refractivity contribution is -0.125. The maximum absolute atomic E-state index is 12.2. The minimum absolute atomic E-state index is 0.0301. The molecule has 30 heavy (non-hydrogen) atoms. The highest BCUT2D eigenvalue weighted by Crippen LogP contribution is 2.21. The number of aromatic nitrogens is 2. The van der Waals surface area contributed by atoms with Crippen LogP contribution < -0.4 is 21.3 Å². The number of urea groups is 1. The fourth-order valence-electron chi connectivity index (χ4n) is 2.81. The molecule has 0 bridgehead atoms. The Morgan fingerprint density at radius 3 is 2.63 bits per heavy atom. The Bertz CT molecular complexity index is 977. The van der Waals surface area contributed by atoms with Gasteiger partial charge in [0.1, 0.15) is 0 Å². The Balaban J connectivity index is 1.50. The van der Waals surface area contributed by atoms with Crippen LogP contribution in [0.3, 0.4) is 0 Å². The lowest BCUT2D eigenvalue weighted by atomic mass is 9.95. The predicted octanol–water partition coefficient (Wildman–Crippen LogP) is 1.15. The van der Waals surface area contributed by atoms with Gasteiger partial charge in [-0.3, -0.25) is 19.7 Å². The van der Waals surface area contributed by atoms with E-state index in [9.17, 15) is 19.2 Å². The summed E-state index contributed by atoms with van der Waals surface area (Å²) in [4.78, 5) is 46.5. The Morgan fingerprint density at radius 1 is 1.20 bits per heavy atom. The number of carbonyl (C=O) groups is 4. The van der Waals surface area contributed by atoms with Gasteiger partial charge in [0.05, 0.1) is 11.7 Å². The standard InChI is InChI=1S/C18H20N6O5S/c1-9-13(16(27)22-17(28)19-9)7-15-23-24-18(29-15)30-8-14(26)21-12-5-3-4-11(6-12)20-10(2)25/h3-6,9,13H,7-8H2,1-2H3,(H,20,25)(H,21,26)(H2,19,22,27,28). The van der Waals surface area contributed by atoms with E-state index in [2.05, 4.69) is 31.5 Å². The maximum atomic E-state index is 12.2. The van der Waals surface area contributed by atoms with Crippen LogP contribution in [0.25, 0.3) is 0 Å². The highest BCUT2D eigenvalue weighted by Gasteiger charge is 2.34. The average Bonchev–Trinajstić information content (AvgIpc) is 3.10. The smallest absolute Gasteiger partial charge is 0.321 e. The molecule has 1 aliphatic rings. The van der Waals surface area contributed by atoms with E-state index in [0.717, 1.165) is 11.8 Å². The molecule has 3 rings (SSSR count). The third-order valence-corrected chi connectivity index (χ3v) is 4.99. The van der Waals surface area contributed by atoms with Gasteiger partial charge in [0.2, 0.25) is 23.6 Å². The van der Waals surface area contributed by atoms with Gasteiger partial charge in [-0.15, -0.1) is 10.2 Å². The van der Waals surface area contributed by atoms with E-state index >= 15 is 0 Å². The van der Waals surface area contributed by atoms with Crippen molar-refractivity contribution in [1.82, 2.24) is 20.8 Å². The number of imide groups is 1. The second-order valence-corrected chi connectivity index (χ2v) is 7.55. The third-order valence-electron chi connectivity index (χ3n) is 4.17. The summed E-state index contributed by atoms with van der Waals surface area (Å²) in [7, 11) is 0. The molecule has 2 atom stereocenters. The fraction of sp³-hybridized carbons (Fsp3) is 0.333. The molecular formula is C18H20N6O5S. The van der Waals surface area contributed by atoms with Gasteiger partial charge in [-0.2, -0.15) is 0 Å². The molecule has 11 nitrogen and oxygen atoms in total. The quantitative estimate of drug-likeness (QED) is 0.475. The Morgan fingerprint density at radius 2 is 1.93 bits per heavy atom. The van der Waals surface area contributed by atoms with Crippen molar-refractivity contribution in [2.75, 3.05) is 16.4 Å². The van der Waals surface area contributed by atoms with Crippen molar-refractivity contribution in [3.05, 3.63) is 30.2 Å². The van der Waals surface area contributed by atoms with Crippen LogP contribution in [0, 0.1) is 5.92 Å².